The molecule has 0 unspecified atom stereocenters. The highest BCUT2D eigenvalue weighted by atomic mass is 32.2. The second kappa shape index (κ2) is 9.61. The van der Waals surface area contributed by atoms with E-state index in [-0.39, 0.29) is 5.91 Å². The van der Waals surface area contributed by atoms with E-state index in [0.717, 1.165) is 18.0 Å². The van der Waals surface area contributed by atoms with Crippen molar-refractivity contribution in [1.29, 1.82) is 0 Å². The zero-order valence-electron chi connectivity index (χ0n) is 12.3. The largest absolute Gasteiger partial charge is 0.352 e. The van der Waals surface area contributed by atoms with Crippen LogP contribution in [0.3, 0.4) is 0 Å². The Morgan fingerprint density at radius 1 is 1.45 bits per heavy atom. The Balaban J connectivity index is 2.39. The maximum Gasteiger partial charge on any atom is 0.230 e. The van der Waals surface area contributed by atoms with Crippen molar-refractivity contribution in [2.24, 2.45) is 5.92 Å². The SMILES string of the molecule is C=CCNC(=O)CSc1cccc(CNCC(C)C)c1. The first-order chi connectivity index (χ1) is 9.61. The van der Waals surface area contributed by atoms with Gasteiger partial charge < -0.3 is 10.6 Å². The number of nitrogens with one attached hydrogen (secondary N) is 2. The summed E-state index contributed by atoms with van der Waals surface area (Å²) in [5.41, 5.74) is 1.25. The van der Waals surface area contributed by atoms with Gasteiger partial charge in [-0.25, -0.2) is 0 Å². The molecule has 1 rings (SSSR count). The number of hydrogen-bond donors (Lipinski definition) is 2. The van der Waals surface area contributed by atoms with Crippen LogP contribution < -0.4 is 10.6 Å². The molecule has 0 spiro atoms. The average molecular weight is 292 g/mol. The van der Waals surface area contributed by atoms with Crippen LogP contribution in [0.1, 0.15) is 19.4 Å². The van der Waals surface area contributed by atoms with Crippen LogP contribution in [-0.4, -0.2) is 24.7 Å². The monoisotopic (exact) mass is 292 g/mol. The molecule has 0 atom stereocenters. The molecule has 1 aromatic carbocycles. The van der Waals surface area contributed by atoms with Crippen LogP contribution in [0.5, 0.6) is 0 Å². The lowest BCUT2D eigenvalue weighted by atomic mass is 10.2. The van der Waals surface area contributed by atoms with Gasteiger partial charge in [0, 0.05) is 18.0 Å². The third kappa shape index (κ3) is 7.36. The summed E-state index contributed by atoms with van der Waals surface area (Å²) in [6.45, 7) is 10.4. The van der Waals surface area contributed by atoms with Crippen LogP contribution >= 0.6 is 11.8 Å². The summed E-state index contributed by atoms with van der Waals surface area (Å²) in [6, 6.07) is 8.32. The van der Waals surface area contributed by atoms with Crippen molar-refractivity contribution in [2.45, 2.75) is 25.3 Å². The topological polar surface area (TPSA) is 41.1 Å². The summed E-state index contributed by atoms with van der Waals surface area (Å²) in [5.74, 6) is 1.14. The van der Waals surface area contributed by atoms with Crippen LogP contribution in [0.4, 0.5) is 0 Å². The number of amides is 1. The van der Waals surface area contributed by atoms with E-state index in [4.69, 9.17) is 0 Å². The van der Waals surface area contributed by atoms with Gasteiger partial charge in [-0.2, -0.15) is 0 Å². The van der Waals surface area contributed by atoms with Gasteiger partial charge in [0.05, 0.1) is 5.75 Å². The first-order valence-corrected chi connectivity index (χ1v) is 7.90. The maximum absolute atomic E-state index is 11.5. The van der Waals surface area contributed by atoms with Crippen LogP contribution in [0.2, 0.25) is 0 Å². The van der Waals surface area contributed by atoms with Gasteiger partial charge in [0.25, 0.3) is 0 Å². The first-order valence-electron chi connectivity index (χ1n) is 6.92. The normalized spacial score (nSPS) is 10.6. The molecule has 1 aromatic rings. The Morgan fingerprint density at radius 3 is 2.95 bits per heavy atom. The first kappa shape index (κ1) is 16.8. The van der Waals surface area contributed by atoms with E-state index in [1.54, 1.807) is 17.8 Å². The van der Waals surface area contributed by atoms with Crippen molar-refractivity contribution < 1.29 is 4.79 Å². The minimum absolute atomic E-state index is 0.0400. The second-order valence-electron chi connectivity index (χ2n) is 5.05. The zero-order chi connectivity index (χ0) is 14.8. The van der Waals surface area contributed by atoms with Crippen LogP contribution in [-0.2, 0) is 11.3 Å². The maximum atomic E-state index is 11.5. The third-order valence-electron chi connectivity index (χ3n) is 2.59. The van der Waals surface area contributed by atoms with E-state index in [1.165, 1.54) is 5.56 Å². The fraction of sp³-hybridized carbons (Fsp3) is 0.438. The summed E-state index contributed by atoms with van der Waals surface area (Å²) in [4.78, 5) is 12.6. The third-order valence-corrected chi connectivity index (χ3v) is 3.59. The van der Waals surface area contributed by atoms with Gasteiger partial charge in [0.1, 0.15) is 0 Å². The van der Waals surface area contributed by atoms with Gasteiger partial charge in [0.2, 0.25) is 5.91 Å². The lowest BCUT2D eigenvalue weighted by Crippen LogP contribution is -2.24. The molecular weight excluding hydrogens is 268 g/mol. The molecular formula is C16H24N2OS. The highest BCUT2D eigenvalue weighted by Gasteiger charge is 2.02. The Bertz CT molecular complexity index is 432. The molecule has 0 bridgehead atoms. The lowest BCUT2D eigenvalue weighted by molar-refractivity contribution is -0.118. The van der Waals surface area contributed by atoms with Crippen molar-refractivity contribution in [3.05, 3.63) is 42.5 Å². The molecule has 20 heavy (non-hydrogen) atoms. The van der Waals surface area contributed by atoms with Crippen molar-refractivity contribution in [2.75, 3.05) is 18.8 Å². The van der Waals surface area contributed by atoms with Crippen molar-refractivity contribution in [3.8, 4) is 0 Å². The van der Waals surface area contributed by atoms with E-state index < -0.39 is 0 Å². The van der Waals surface area contributed by atoms with Crippen LogP contribution in [0.25, 0.3) is 0 Å². The molecule has 0 saturated carbocycles. The molecule has 0 aromatic heterocycles. The highest BCUT2D eigenvalue weighted by molar-refractivity contribution is 8.00. The molecule has 0 aliphatic carbocycles. The predicted octanol–water partition coefficient (Wildman–Crippen LogP) is 2.83. The summed E-state index contributed by atoms with van der Waals surface area (Å²) in [7, 11) is 0. The predicted molar refractivity (Wildman–Crippen MR) is 86.9 cm³/mol. The Hall–Kier alpha value is -1.26. The average Bonchev–Trinajstić information content (AvgIpc) is 2.43. The van der Waals surface area contributed by atoms with Gasteiger partial charge in [-0.3, -0.25) is 4.79 Å². The van der Waals surface area contributed by atoms with E-state index in [9.17, 15) is 4.79 Å². The minimum atomic E-state index is 0.0400. The standard InChI is InChI=1S/C16H24N2OS/c1-4-8-18-16(19)12-20-15-7-5-6-14(9-15)11-17-10-13(2)3/h4-7,9,13,17H,1,8,10-12H2,2-3H3,(H,18,19). The molecule has 0 aliphatic heterocycles. The molecule has 0 fully saturated rings. The lowest BCUT2D eigenvalue weighted by Gasteiger charge is -2.09. The van der Waals surface area contributed by atoms with Crippen molar-refractivity contribution >= 4 is 17.7 Å². The van der Waals surface area contributed by atoms with Crippen molar-refractivity contribution in [3.63, 3.8) is 0 Å². The molecule has 2 N–H and O–H groups in total. The Morgan fingerprint density at radius 2 is 2.25 bits per heavy atom. The van der Waals surface area contributed by atoms with Gasteiger partial charge in [0.15, 0.2) is 0 Å². The van der Waals surface area contributed by atoms with Gasteiger partial charge in [-0.1, -0.05) is 32.1 Å². The molecule has 3 nitrogen and oxygen atoms in total. The molecule has 4 heteroatoms. The van der Waals surface area contributed by atoms with Crippen LogP contribution in [0, 0.1) is 5.92 Å². The molecule has 110 valence electrons. The Labute approximate surface area is 126 Å². The number of thioether (sulfide) groups is 1. The number of benzene rings is 1. The van der Waals surface area contributed by atoms with E-state index in [2.05, 4.69) is 43.2 Å². The number of carbonyl (C=O) groups is 1. The molecule has 1 amide bonds. The summed E-state index contributed by atoms with van der Waals surface area (Å²) >= 11 is 1.56. The summed E-state index contributed by atoms with van der Waals surface area (Å²) < 4.78 is 0. The number of carbonyl (C=O) groups excluding carboxylic acids is 1. The fourth-order valence-corrected chi connectivity index (χ4v) is 2.45. The highest BCUT2D eigenvalue weighted by Crippen LogP contribution is 2.18. The summed E-state index contributed by atoms with van der Waals surface area (Å²) in [5, 5.41) is 6.20. The van der Waals surface area contributed by atoms with Gasteiger partial charge in [-0.15, -0.1) is 18.3 Å². The Kier molecular flexibility index (Phi) is 8.07. The number of hydrogen-bond acceptors (Lipinski definition) is 3. The number of rotatable bonds is 9. The molecule has 0 aliphatic rings. The zero-order valence-corrected chi connectivity index (χ0v) is 13.1. The molecule has 0 radical (unpaired) electrons. The smallest absolute Gasteiger partial charge is 0.230 e. The minimum Gasteiger partial charge on any atom is -0.352 e. The molecule has 0 saturated heterocycles. The van der Waals surface area contributed by atoms with Gasteiger partial charge >= 0.3 is 0 Å². The second-order valence-corrected chi connectivity index (χ2v) is 6.10. The van der Waals surface area contributed by atoms with Crippen LogP contribution in [0.15, 0.2) is 41.8 Å². The van der Waals surface area contributed by atoms with E-state index in [1.807, 2.05) is 12.1 Å². The molecule has 0 heterocycles. The van der Waals surface area contributed by atoms with Gasteiger partial charge in [-0.05, 0) is 30.2 Å². The van der Waals surface area contributed by atoms with E-state index in [0.29, 0.717) is 18.2 Å². The van der Waals surface area contributed by atoms with E-state index >= 15 is 0 Å². The van der Waals surface area contributed by atoms with Crippen molar-refractivity contribution in [1.82, 2.24) is 10.6 Å². The summed E-state index contributed by atoms with van der Waals surface area (Å²) in [6.07, 6.45) is 1.68. The quantitative estimate of drug-likeness (QED) is 0.543. The fourth-order valence-electron chi connectivity index (χ4n) is 1.64.